The minimum atomic E-state index is -0.475. The number of aliphatic imine (C=N–C) groups is 1. The Morgan fingerprint density at radius 1 is 1.15 bits per heavy atom. The van der Waals surface area contributed by atoms with Gasteiger partial charge in [0.2, 0.25) is 0 Å². The maximum Gasteiger partial charge on any atom is 0.260 e. The third-order valence-electron chi connectivity index (χ3n) is 3.79. The van der Waals surface area contributed by atoms with Crippen LogP contribution >= 0.6 is 23.2 Å². The molecule has 0 unspecified atom stereocenters. The van der Waals surface area contributed by atoms with E-state index in [9.17, 15) is 4.79 Å². The van der Waals surface area contributed by atoms with Crippen LogP contribution in [0.2, 0.25) is 10.0 Å². The van der Waals surface area contributed by atoms with Crippen LogP contribution < -0.4 is 10.6 Å². The molecular formula is C20H16Cl2N4O. The van der Waals surface area contributed by atoms with Crippen LogP contribution in [0.1, 0.15) is 12.5 Å². The Bertz CT molecular complexity index is 994. The van der Waals surface area contributed by atoms with Crippen LogP contribution in [0.25, 0.3) is 0 Å². The summed E-state index contributed by atoms with van der Waals surface area (Å²) >= 11 is 11.9. The van der Waals surface area contributed by atoms with Crippen molar-refractivity contribution in [1.29, 1.82) is 5.41 Å². The predicted molar refractivity (Wildman–Crippen MR) is 111 cm³/mol. The molecule has 2 aromatic rings. The van der Waals surface area contributed by atoms with Crippen LogP contribution in [0, 0.1) is 5.41 Å². The molecule has 1 aliphatic heterocycles. The fourth-order valence-corrected chi connectivity index (χ4v) is 2.80. The number of amides is 1. The van der Waals surface area contributed by atoms with Crippen molar-refractivity contribution in [3.8, 4) is 0 Å². The van der Waals surface area contributed by atoms with Gasteiger partial charge < -0.3 is 16.0 Å². The van der Waals surface area contributed by atoms with Gasteiger partial charge >= 0.3 is 0 Å². The number of anilines is 1. The number of rotatable bonds is 4. The van der Waals surface area contributed by atoms with Crippen molar-refractivity contribution in [1.82, 2.24) is 5.32 Å². The number of halogens is 2. The Kier molecular flexibility index (Phi) is 5.74. The van der Waals surface area contributed by atoms with Crippen molar-refractivity contribution >= 4 is 46.7 Å². The summed E-state index contributed by atoms with van der Waals surface area (Å²) in [5, 5.41) is 14.2. The van der Waals surface area contributed by atoms with E-state index in [1.807, 2.05) is 43.3 Å². The number of carbonyl (C=O) groups is 1. The largest absolute Gasteiger partial charge is 0.343 e. The van der Waals surface area contributed by atoms with Crippen molar-refractivity contribution in [3.05, 3.63) is 87.3 Å². The van der Waals surface area contributed by atoms with Gasteiger partial charge in [0.15, 0.2) is 0 Å². The van der Waals surface area contributed by atoms with Gasteiger partial charge in [-0.2, -0.15) is 0 Å². The molecule has 136 valence electrons. The minimum absolute atomic E-state index is 0.0990. The number of nitrogens with zero attached hydrogens (tertiary/aromatic N) is 1. The van der Waals surface area contributed by atoms with Gasteiger partial charge in [-0.05, 0) is 31.2 Å². The second-order valence-corrected chi connectivity index (χ2v) is 6.62. The Morgan fingerprint density at radius 2 is 1.89 bits per heavy atom. The zero-order valence-corrected chi connectivity index (χ0v) is 15.9. The molecule has 0 atom stereocenters. The summed E-state index contributed by atoms with van der Waals surface area (Å²) in [6.45, 7) is 1.87. The van der Waals surface area contributed by atoms with E-state index in [4.69, 9.17) is 28.6 Å². The highest BCUT2D eigenvalue weighted by molar-refractivity contribution is 6.42. The smallest absolute Gasteiger partial charge is 0.260 e. The first kappa shape index (κ1) is 18.9. The molecule has 1 heterocycles. The molecule has 0 saturated carbocycles. The van der Waals surface area contributed by atoms with Gasteiger partial charge in [0.1, 0.15) is 5.82 Å². The van der Waals surface area contributed by atoms with Crippen LogP contribution in [0.15, 0.2) is 76.7 Å². The summed E-state index contributed by atoms with van der Waals surface area (Å²) in [7, 11) is 0. The molecular weight excluding hydrogens is 383 g/mol. The molecule has 0 bridgehead atoms. The van der Waals surface area contributed by atoms with Crippen LogP contribution in [-0.4, -0.2) is 17.8 Å². The molecule has 3 N–H and O–H groups in total. The molecule has 3 rings (SSSR count). The maximum atomic E-state index is 12.7. The van der Waals surface area contributed by atoms with Gasteiger partial charge in [-0.25, -0.2) is 4.99 Å². The fourth-order valence-electron chi connectivity index (χ4n) is 2.51. The van der Waals surface area contributed by atoms with Crippen molar-refractivity contribution in [2.45, 2.75) is 6.92 Å². The SMILES string of the molecule is CC1=CC(c2ccccc2)=N/C(=C(/C=N)C(=O)Nc2ccc(Cl)c(Cl)c2)N1. The second-order valence-electron chi connectivity index (χ2n) is 5.81. The first-order valence-electron chi connectivity index (χ1n) is 8.08. The number of nitrogens with one attached hydrogen (secondary N) is 3. The lowest BCUT2D eigenvalue weighted by Gasteiger charge is -2.17. The molecule has 27 heavy (non-hydrogen) atoms. The first-order valence-corrected chi connectivity index (χ1v) is 8.84. The summed E-state index contributed by atoms with van der Waals surface area (Å²) in [5.41, 5.74) is 3.03. The van der Waals surface area contributed by atoms with E-state index in [-0.39, 0.29) is 5.57 Å². The van der Waals surface area contributed by atoms with E-state index < -0.39 is 5.91 Å². The first-order chi connectivity index (χ1) is 13.0. The highest BCUT2D eigenvalue weighted by Crippen LogP contribution is 2.25. The predicted octanol–water partition coefficient (Wildman–Crippen LogP) is 4.79. The van der Waals surface area contributed by atoms with Crippen molar-refractivity contribution in [2.24, 2.45) is 4.99 Å². The van der Waals surface area contributed by atoms with E-state index >= 15 is 0 Å². The van der Waals surface area contributed by atoms with Crippen molar-refractivity contribution < 1.29 is 4.79 Å². The molecule has 1 amide bonds. The Hall–Kier alpha value is -2.89. The summed E-state index contributed by atoms with van der Waals surface area (Å²) in [4.78, 5) is 17.2. The average molecular weight is 399 g/mol. The number of hydrogen-bond acceptors (Lipinski definition) is 4. The van der Waals surface area contributed by atoms with E-state index in [1.54, 1.807) is 18.2 Å². The topological polar surface area (TPSA) is 77.3 Å². The summed E-state index contributed by atoms with van der Waals surface area (Å²) in [6.07, 6.45) is 2.86. The van der Waals surface area contributed by atoms with Gasteiger partial charge in [0.25, 0.3) is 5.91 Å². The average Bonchev–Trinajstić information content (AvgIpc) is 2.65. The molecule has 0 fully saturated rings. The highest BCUT2D eigenvalue weighted by atomic mass is 35.5. The highest BCUT2D eigenvalue weighted by Gasteiger charge is 2.18. The van der Waals surface area contributed by atoms with Crippen molar-refractivity contribution in [3.63, 3.8) is 0 Å². The molecule has 0 radical (unpaired) electrons. The van der Waals surface area contributed by atoms with E-state index in [0.717, 1.165) is 17.5 Å². The molecule has 2 aromatic carbocycles. The van der Waals surface area contributed by atoms with Crippen molar-refractivity contribution in [2.75, 3.05) is 5.32 Å². The summed E-state index contributed by atoms with van der Waals surface area (Å²) < 4.78 is 0. The summed E-state index contributed by atoms with van der Waals surface area (Å²) in [6, 6.07) is 14.4. The van der Waals surface area contributed by atoms with Crippen LogP contribution in [0.4, 0.5) is 5.69 Å². The lowest BCUT2D eigenvalue weighted by Crippen LogP contribution is -2.25. The summed E-state index contributed by atoms with van der Waals surface area (Å²) in [5.74, 6) is -0.168. The van der Waals surface area contributed by atoms with E-state index in [2.05, 4.69) is 15.6 Å². The van der Waals surface area contributed by atoms with Crippen LogP contribution in [0.5, 0.6) is 0 Å². The van der Waals surface area contributed by atoms with Gasteiger partial charge in [0.05, 0.1) is 21.3 Å². The Labute approximate surface area is 166 Å². The number of hydrogen-bond donors (Lipinski definition) is 3. The van der Waals surface area contributed by atoms with E-state index in [0.29, 0.717) is 27.3 Å². The lowest BCUT2D eigenvalue weighted by atomic mass is 10.1. The third-order valence-corrected chi connectivity index (χ3v) is 4.53. The quantitative estimate of drug-likeness (QED) is 0.511. The molecule has 0 spiro atoms. The van der Waals surface area contributed by atoms with Gasteiger partial charge in [-0.1, -0.05) is 53.5 Å². The van der Waals surface area contributed by atoms with Gasteiger partial charge in [0, 0.05) is 23.2 Å². The molecule has 0 saturated heterocycles. The monoisotopic (exact) mass is 398 g/mol. The second kappa shape index (κ2) is 8.20. The Morgan fingerprint density at radius 3 is 2.56 bits per heavy atom. The molecule has 0 aliphatic carbocycles. The normalized spacial score (nSPS) is 15.2. The molecule has 1 aliphatic rings. The zero-order valence-electron chi connectivity index (χ0n) is 14.4. The van der Waals surface area contributed by atoms with Gasteiger partial charge in [-0.15, -0.1) is 0 Å². The van der Waals surface area contributed by atoms with E-state index in [1.165, 1.54) is 0 Å². The fraction of sp³-hybridized carbons (Fsp3) is 0.0500. The molecule has 7 heteroatoms. The van der Waals surface area contributed by atoms with Gasteiger partial charge in [-0.3, -0.25) is 4.79 Å². The Balaban J connectivity index is 1.94. The zero-order chi connectivity index (χ0) is 19.4. The minimum Gasteiger partial charge on any atom is -0.343 e. The lowest BCUT2D eigenvalue weighted by molar-refractivity contribution is -0.112. The van der Waals surface area contributed by atoms with Crippen LogP contribution in [-0.2, 0) is 4.79 Å². The third kappa shape index (κ3) is 4.45. The maximum absolute atomic E-state index is 12.7. The number of benzene rings is 2. The number of carbonyl (C=O) groups excluding carboxylic acids is 1. The van der Waals surface area contributed by atoms with Crippen LogP contribution in [0.3, 0.4) is 0 Å². The standard InChI is InChI=1S/C20H16Cl2N4O/c1-12-9-18(13-5-3-2-4-6-13)26-19(24-12)15(11-23)20(27)25-14-7-8-16(21)17(22)10-14/h2-11,23-24H,1H3,(H,25,27)/b19-15-,23-11?. The molecule has 0 aromatic heterocycles. The number of allylic oxidation sites excluding steroid dienone is 2. The molecule has 5 nitrogen and oxygen atoms in total.